The number of carbonyl (C=O) groups excluding carboxylic acids is 2. The number of aliphatic hydroxyl groups excluding tert-OH is 1. The summed E-state index contributed by atoms with van der Waals surface area (Å²) in [5, 5.41) is 13.9. The summed E-state index contributed by atoms with van der Waals surface area (Å²) in [7, 11) is 1.38. The predicted molar refractivity (Wildman–Crippen MR) is 141 cm³/mol. The number of para-hydroxylation sites is 1. The van der Waals surface area contributed by atoms with Crippen molar-refractivity contribution in [3.05, 3.63) is 49.1 Å². The van der Waals surface area contributed by atoms with Crippen LogP contribution in [0.3, 0.4) is 0 Å². The molecule has 2 amide bonds. The molecule has 0 aliphatic carbocycles. The molecule has 1 fully saturated rings. The maximum Gasteiger partial charge on any atom is 0.252 e. The van der Waals surface area contributed by atoms with Gasteiger partial charge in [-0.15, -0.1) is 18.3 Å². The van der Waals surface area contributed by atoms with Crippen LogP contribution in [0.4, 0.5) is 5.69 Å². The number of carbonyl (C=O) groups is 2. The van der Waals surface area contributed by atoms with Gasteiger partial charge in [0.25, 0.3) is 11.8 Å². The molecule has 1 aromatic rings. The molecule has 0 bridgehead atoms. The number of methoxy groups -OCH3 is 1. The van der Waals surface area contributed by atoms with Gasteiger partial charge in [-0.05, 0) is 31.4 Å². The third-order valence-corrected chi connectivity index (χ3v) is 7.02. The monoisotopic (exact) mass is 518 g/mol. The minimum atomic E-state index is -1.16. The average Bonchev–Trinajstić information content (AvgIpc) is 2.92. The van der Waals surface area contributed by atoms with E-state index in [-0.39, 0.29) is 11.3 Å². The second-order valence-corrected chi connectivity index (χ2v) is 11.6. The zero-order valence-electron chi connectivity index (χ0n) is 21.9. The van der Waals surface area contributed by atoms with E-state index in [1.54, 1.807) is 30.9 Å². The van der Waals surface area contributed by atoms with Crippen LogP contribution >= 0.6 is 11.8 Å². The summed E-state index contributed by atoms with van der Waals surface area (Å²) in [5.74, 6) is -1.49. The summed E-state index contributed by atoms with van der Waals surface area (Å²) in [6.07, 6.45) is 1.37. The molecule has 2 heterocycles. The minimum absolute atomic E-state index is 0.120. The van der Waals surface area contributed by atoms with Gasteiger partial charge in [-0.25, -0.2) is 0 Å². The Labute approximate surface area is 218 Å². The van der Waals surface area contributed by atoms with Gasteiger partial charge in [0, 0.05) is 24.3 Å². The second kappa shape index (κ2) is 11.5. The van der Waals surface area contributed by atoms with Crippen molar-refractivity contribution in [3.63, 3.8) is 0 Å². The van der Waals surface area contributed by atoms with Gasteiger partial charge >= 0.3 is 0 Å². The Balaban J connectivity index is 1.81. The Morgan fingerprint density at radius 2 is 2.06 bits per heavy atom. The third kappa shape index (κ3) is 6.77. The maximum atomic E-state index is 13.4. The molecule has 0 radical (unpaired) electrons. The van der Waals surface area contributed by atoms with Crippen molar-refractivity contribution in [1.82, 2.24) is 5.32 Å². The van der Waals surface area contributed by atoms with Crippen molar-refractivity contribution in [2.45, 2.75) is 75.8 Å². The summed E-state index contributed by atoms with van der Waals surface area (Å²) in [6, 6.07) is 6.82. The first-order valence-electron chi connectivity index (χ1n) is 12.1. The number of nitrogens with one attached hydrogen (secondary N) is 1. The molecule has 36 heavy (non-hydrogen) atoms. The lowest BCUT2D eigenvalue weighted by Gasteiger charge is -2.45. The van der Waals surface area contributed by atoms with Crippen molar-refractivity contribution in [3.8, 4) is 0 Å². The molecule has 9 heteroatoms. The Morgan fingerprint density at radius 3 is 2.69 bits per heavy atom. The number of fused-ring (bicyclic) bond motifs is 1. The largest absolute Gasteiger partial charge is 0.387 e. The lowest BCUT2D eigenvalue weighted by molar-refractivity contribution is -0.334. The van der Waals surface area contributed by atoms with Gasteiger partial charge in [-0.2, -0.15) is 0 Å². The maximum absolute atomic E-state index is 13.4. The number of rotatable bonds is 7. The Morgan fingerprint density at radius 1 is 1.36 bits per heavy atom. The number of ether oxygens (including phenoxy) is 3. The van der Waals surface area contributed by atoms with Crippen LogP contribution in [0.2, 0.25) is 0 Å². The molecule has 2 aliphatic rings. The smallest absolute Gasteiger partial charge is 0.252 e. The van der Waals surface area contributed by atoms with Crippen molar-refractivity contribution in [2.75, 3.05) is 24.3 Å². The molecule has 3 rings (SSSR count). The van der Waals surface area contributed by atoms with E-state index in [4.69, 9.17) is 14.2 Å². The molecule has 2 aliphatic heterocycles. The first-order chi connectivity index (χ1) is 16.9. The quantitative estimate of drug-likeness (QED) is 0.535. The van der Waals surface area contributed by atoms with Gasteiger partial charge in [0.2, 0.25) is 0 Å². The molecule has 2 unspecified atom stereocenters. The lowest BCUT2D eigenvalue weighted by atomic mass is 9.93. The van der Waals surface area contributed by atoms with Crippen LogP contribution in [0.5, 0.6) is 0 Å². The highest BCUT2D eigenvalue weighted by Gasteiger charge is 2.48. The van der Waals surface area contributed by atoms with Crippen LogP contribution in [0.1, 0.15) is 34.6 Å². The van der Waals surface area contributed by atoms with E-state index in [1.165, 1.54) is 18.9 Å². The number of anilines is 1. The van der Waals surface area contributed by atoms with Crippen LogP contribution in [0, 0.1) is 5.41 Å². The van der Waals surface area contributed by atoms with Crippen molar-refractivity contribution >= 4 is 29.3 Å². The number of aliphatic hydroxyl groups is 1. The molecular weight excluding hydrogens is 480 g/mol. The van der Waals surface area contributed by atoms with E-state index in [0.29, 0.717) is 12.3 Å². The standard InChI is InChI=1S/C27H38N2O6S/c1-8-15-29-18-11-9-10-12-20(18)36-16-17(25(29)32)28-24(31)23(33-7)22-21(30)19(13-14-26(2,3)4)34-27(5,6)35-22/h8-14,17,19,21-23,30H,1,15-16H2,2-7H3,(H,28,31)/t17?,19-,21+,22-,23?/m1/s1. The van der Waals surface area contributed by atoms with Crippen LogP contribution in [0.15, 0.2) is 54.0 Å². The molecule has 2 N–H and O–H groups in total. The zero-order chi connectivity index (χ0) is 26.7. The highest BCUT2D eigenvalue weighted by Crippen LogP contribution is 2.35. The molecule has 0 spiro atoms. The fraction of sp³-hybridized carbons (Fsp3) is 0.556. The minimum Gasteiger partial charge on any atom is -0.387 e. The fourth-order valence-electron chi connectivity index (χ4n) is 4.21. The van der Waals surface area contributed by atoms with E-state index in [2.05, 4.69) is 11.9 Å². The fourth-order valence-corrected chi connectivity index (χ4v) is 5.28. The van der Waals surface area contributed by atoms with Gasteiger partial charge in [-0.3, -0.25) is 9.59 Å². The number of amides is 2. The average molecular weight is 519 g/mol. The predicted octanol–water partition coefficient (Wildman–Crippen LogP) is 3.29. The number of nitrogens with zero attached hydrogens (tertiary/aromatic N) is 1. The molecule has 5 atom stereocenters. The summed E-state index contributed by atoms with van der Waals surface area (Å²) in [6.45, 7) is 13.7. The lowest BCUT2D eigenvalue weighted by Crippen LogP contribution is -2.62. The van der Waals surface area contributed by atoms with Gasteiger partial charge in [-0.1, -0.05) is 51.1 Å². The summed E-state index contributed by atoms with van der Waals surface area (Å²) in [4.78, 5) is 29.4. The van der Waals surface area contributed by atoms with Crippen LogP contribution < -0.4 is 10.2 Å². The molecule has 8 nitrogen and oxygen atoms in total. The Kier molecular flexibility index (Phi) is 9.06. The van der Waals surface area contributed by atoms with Gasteiger partial charge < -0.3 is 29.5 Å². The molecular formula is C27H38N2O6S. The molecule has 0 saturated carbocycles. The number of hydrogen-bond donors (Lipinski definition) is 2. The normalized spacial score (nSPS) is 27.3. The van der Waals surface area contributed by atoms with Crippen LogP contribution in [-0.4, -0.2) is 72.6 Å². The highest BCUT2D eigenvalue weighted by atomic mass is 32.2. The molecule has 1 aromatic carbocycles. The number of benzene rings is 1. The van der Waals surface area contributed by atoms with Crippen LogP contribution in [0.25, 0.3) is 0 Å². The van der Waals surface area contributed by atoms with E-state index in [0.717, 1.165) is 10.6 Å². The number of allylic oxidation sites excluding steroid dienone is 1. The Bertz CT molecular complexity index is 989. The summed E-state index contributed by atoms with van der Waals surface area (Å²) >= 11 is 1.50. The zero-order valence-corrected chi connectivity index (χ0v) is 22.7. The first-order valence-corrected chi connectivity index (χ1v) is 13.1. The van der Waals surface area contributed by atoms with Crippen molar-refractivity contribution in [2.24, 2.45) is 5.41 Å². The second-order valence-electron chi connectivity index (χ2n) is 10.5. The van der Waals surface area contributed by atoms with E-state index in [1.807, 2.05) is 51.1 Å². The SMILES string of the molecule is C=CCN1C(=O)C(NC(=O)C(OC)[C@@H]2OC(C)(C)O[C@H](C=CC(C)(C)C)[C@@H]2O)CSc2ccccc21. The van der Waals surface area contributed by atoms with E-state index >= 15 is 0 Å². The van der Waals surface area contributed by atoms with Crippen LogP contribution in [-0.2, 0) is 23.8 Å². The third-order valence-electron chi connectivity index (χ3n) is 5.86. The van der Waals surface area contributed by atoms with Crippen molar-refractivity contribution in [1.29, 1.82) is 0 Å². The van der Waals surface area contributed by atoms with E-state index < -0.39 is 42.2 Å². The molecule has 0 aromatic heterocycles. The highest BCUT2D eigenvalue weighted by molar-refractivity contribution is 7.99. The molecule has 198 valence electrons. The summed E-state index contributed by atoms with van der Waals surface area (Å²) < 4.78 is 17.4. The van der Waals surface area contributed by atoms with E-state index in [9.17, 15) is 14.7 Å². The van der Waals surface area contributed by atoms with Gasteiger partial charge in [0.15, 0.2) is 11.9 Å². The van der Waals surface area contributed by atoms with Gasteiger partial charge in [0.1, 0.15) is 24.4 Å². The summed E-state index contributed by atoms with van der Waals surface area (Å²) in [5.41, 5.74) is 0.664. The van der Waals surface area contributed by atoms with Gasteiger partial charge in [0.05, 0.1) is 5.69 Å². The topological polar surface area (TPSA) is 97.3 Å². The van der Waals surface area contributed by atoms with Crippen molar-refractivity contribution < 1.29 is 28.9 Å². The number of thioether (sulfide) groups is 1. The Hall–Kier alpha value is -2.17. The number of hydrogen-bond acceptors (Lipinski definition) is 7. The first kappa shape index (κ1) is 28.4. The molecule has 1 saturated heterocycles.